The molecule has 2 N–H and O–H groups in total. The molecule has 1 aromatic carbocycles. The first kappa shape index (κ1) is 14.9. The Hall–Kier alpha value is -2.48. The smallest absolute Gasteiger partial charge is 0.293 e. The summed E-state index contributed by atoms with van der Waals surface area (Å²) >= 11 is 0. The van der Waals surface area contributed by atoms with E-state index in [4.69, 9.17) is 0 Å². The van der Waals surface area contributed by atoms with Gasteiger partial charge in [-0.2, -0.15) is 0 Å². The summed E-state index contributed by atoms with van der Waals surface area (Å²) in [5.74, 6) is 0. The number of nitro benzene ring substituents is 1. The Kier molecular flexibility index (Phi) is 4.49. The van der Waals surface area contributed by atoms with Crippen molar-refractivity contribution >= 4 is 22.3 Å². The molecule has 2 aromatic rings. The zero-order valence-electron chi connectivity index (χ0n) is 11.9. The summed E-state index contributed by atoms with van der Waals surface area (Å²) in [4.78, 5) is 30.8. The molecule has 2 rings (SSSR count). The number of hydrogen-bond acceptors (Lipinski definition) is 6. The van der Waals surface area contributed by atoms with Crippen LogP contribution < -0.4 is 15.8 Å². The lowest BCUT2D eigenvalue weighted by Crippen LogP contribution is -2.23. The zero-order valence-corrected chi connectivity index (χ0v) is 11.9. The lowest BCUT2D eigenvalue weighted by molar-refractivity contribution is -0.384. The minimum absolute atomic E-state index is 0.0899. The van der Waals surface area contributed by atoms with Gasteiger partial charge in [-0.25, -0.2) is 4.98 Å². The van der Waals surface area contributed by atoms with Gasteiger partial charge in [0, 0.05) is 19.7 Å². The van der Waals surface area contributed by atoms with Gasteiger partial charge in [0.05, 0.1) is 22.2 Å². The molecule has 0 aliphatic carbocycles. The fraction of sp³-hybridized carbons (Fsp3) is 0.385. The number of nitro groups is 1. The molecular weight excluding hydrogens is 274 g/mol. The SMILES string of the molecule is CNCCCN(C)c1cc2nc[nH]c(=O)c2cc1[N+](=O)[O-]. The van der Waals surface area contributed by atoms with Crippen molar-refractivity contribution in [2.24, 2.45) is 0 Å². The highest BCUT2D eigenvalue weighted by Crippen LogP contribution is 2.30. The van der Waals surface area contributed by atoms with Crippen molar-refractivity contribution in [3.05, 3.63) is 38.9 Å². The molecule has 0 atom stereocenters. The van der Waals surface area contributed by atoms with E-state index in [1.165, 1.54) is 12.4 Å². The van der Waals surface area contributed by atoms with E-state index in [9.17, 15) is 14.9 Å². The van der Waals surface area contributed by atoms with Crippen LogP contribution in [0, 0.1) is 10.1 Å². The molecule has 1 heterocycles. The first-order valence-corrected chi connectivity index (χ1v) is 6.56. The fourth-order valence-corrected chi connectivity index (χ4v) is 2.16. The first-order valence-electron chi connectivity index (χ1n) is 6.56. The number of nitrogens with one attached hydrogen (secondary N) is 2. The maximum atomic E-state index is 11.7. The van der Waals surface area contributed by atoms with Gasteiger partial charge in [0.15, 0.2) is 0 Å². The van der Waals surface area contributed by atoms with Crippen LogP contribution in [0.3, 0.4) is 0 Å². The highest BCUT2D eigenvalue weighted by Gasteiger charge is 2.19. The van der Waals surface area contributed by atoms with Crippen molar-refractivity contribution in [1.82, 2.24) is 15.3 Å². The van der Waals surface area contributed by atoms with E-state index < -0.39 is 4.92 Å². The number of H-pyrrole nitrogens is 1. The van der Waals surface area contributed by atoms with E-state index in [1.54, 1.807) is 18.0 Å². The quantitative estimate of drug-likeness (QED) is 0.465. The van der Waals surface area contributed by atoms with E-state index in [-0.39, 0.29) is 16.6 Å². The number of hydrogen-bond donors (Lipinski definition) is 2. The molecule has 112 valence electrons. The third kappa shape index (κ3) is 3.16. The summed E-state index contributed by atoms with van der Waals surface area (Å²) in [6.07, 6.45) is 2.15. The van der Waals surface area contributed by atoms with Crippen LogP contribution in [0.1, 0.15) is 6.42 Å². The molecule has 8 heteroatoms. The third-order valence-electron chi connectivity index (χ3n) is 3.27. The van der Waals surface area contributed by atoms with Gasteiger partial charge in [-0.1, -0.05) is 0 Å². The van der Waals surface area contributed by atoms with Gasteiger partial charge in [-0.15, -0.1) is 0 Å². The van der Waals surface area contributed by atoms with Gasteiger partial charge in [0.2, 0.25) is 0 Å². The van der Waals surface area contributed by atoms with Crippen LogP contribution in [0.15, 0.2) is 23.3 Å². The summed E-state index contributed by atoms with van der Waals surface area (Å²) in [5, 5.41) is 14.5. The molecule has 0 spiro atoms. The molecule has 8 nitrogen and oxygen atoms in total. The van der Waals surface area contributed by atoms with Crippen molar-refractivity contribution in [2.75, 3.05) is 32.1 Å². The van der Waals surface area contributed by atoms with Crippen LogP contribution in [0.25, 0.3) is 10.9 Å². The van der Waals surface area contributed by atoms with Gasteiger partial charge >= 0.3 is 0 Å². The summed E-state index contributed by atoms with van der Waals surface area (Å²) in [6.45, 7) is 1.49. The minimum atomic E-state index is -0.476. The molecule has 0 bridgehead atoms. The Bertz CT molecular complexity index is 713. The molecule has 1 aromatic heterocycles. The second kappa shape index (κ2) is 6.31. The second-order valence-electron chi connectivity index (χ2n) is 4.73. The number of aromatic nitrogens is 2. The van der Waals surface area contributed by atoms with Gasteiger partial charge in [0.1, 0.15) is 5.69 Å². The molecule has 0 aliphatic rings. The molecule has 0 aliphatic heterocycles. The Labute approximate surface area is 121 Å². The molecule has 0 saturated heterocycles. The average molecular weight is 291 g/mol. The van der Waals surface area contributed by atoms with Crippen LogP contribution in [0.4, 0.5) is 11.4 Å². The van der Waals surface area contributed by atoms with Crippen molar-refractivity contribution < 1.29 is 4.92 Å². The van der Waals surface area contributed by atoms with Crippen molar-refractivity contribution in [2.45, 2.75) is 6.42 Å². The van der Waals surface area contributed by atoms with Gasteiger partial charge in [0.25, 0.3) is 11.2 Å². The molecule has 0 fully saturated rings. The fourth-order valence-electron chi connectivity index (χ4n) is 2.16. The van der Waals surface area contributed by atoms with Crippen molar-refractivity contribution in [1.29, 1.82) is 0 Å². The lowest BCUT2D eigenvalue weighted by Gasteiger charge is -2.19. The molecule has 0 saturated carbocycles. The number of nitrogens with zero attached hydrogens (tertiary/aromatic N) is 3. The maximum absolute atomic E-state index is 11.7. The minimum Gasteiger partial charge on any atom is -0.369 e. The molecule has 0 amide bonds. The normalized spacial score (nSPS) is 10.8. The summed E-state index contributed by atoms with van der Waals surface area (Å²) in [6, 6.07) is 2.87. The Morgan fingerprint density at radius 2 is 2.24 bits per heavy atom. The van der Waals surface area contributed by atoms with E-state index >= 15 is 0 Å². The largest absolute Gasteiger partial charge is 0.369 e. The average Bonchev–Trinajstić information content (AvgIpc) is 2.46. The zero-order chi connectivity index (χ0) is 15.4. The van der Waals surface area contributed by atoms with Crippen LogP contribution in [0.2, 0.25) is 0 Å². The summed E-state index contributed by atoms with van der Waals surface area (Å²) in [7, 11) is 3.64. The van der Waals surface area contributed by atoms with Crippen LogP contribution in [-0.2, 0) is 0 Å². The lowest BCUT2D eigenvalue weighted by atomic mass is 10.1. The highest BCUT2D eigenvalue weighted by molar-refractivity contribution is 5.86. The van der Waals surface area contributed by atoms with Crippen LogP contribution in [0.5, 0.6) is 0 Å². The van der Waals surface area contributed by atoms with Gasteiger partial charge < -0.3 is 15.2 Å². The van der Waals surface area contributed by atoms with Gasteiger partial charge in [-0.3, -0.25) is 14.9 Å². The Morgan fingerprint density at radius 3 is 2.90 bits per heavy atom. The van der Waals surface area contributed by atoms with Crippen LogP contribution in [-0.4, -0.2) is 42.1 Å². The number of aromatic amines is 1. The molecule has 0 radical (unpaired) electrons. The Balaban J connectivity index is 2.48. The number of rotatable bonds is 6. The predicted octanol–water partition coefficient (Wildman–Crippen LogP) is 0.877. The van der Waals surface area contributed by atoms with E-state index in [0.717, 1.165) is 13.0 Å². The predicted molar refractivity (Wildman–Crippen MR) is 80.8 cm³/mol. The van der Waals surface area contributed by atoms with Crippen molar-refractivity contribution in [3.63, 3.8) is 0 Å². The monoisotopic (exact) mass is 291 g/mol. The second-order valence-corrected chi connectivity index (χ2v) is 4.73. The highest BCUT2D eigenvalue weighted by atomic mass is 16.6. The number of fused-ring (bicyclic) bond motifs is 1. The standard InChI is InChI=1S/C13H17N5O3/c1-14-4-3-5-17(2)11-7-10-9(6-12(11)18(20)21)13(19)16-8-15-10/h6-8,14H,3-5H2,1-2H3,(H,15,16,19). The topological polar surface area (TPSA) is 104 Å². The van der Waals surface area contributed by atoms with E-state index in [2.05, 4.69) is 15.3 Å². The molecular formula is C13H17N5O3. The number of anilines is 1. The Morgan fingerprint density at radius 1 is 1.48 bits per heavy atom. The maximum Gasteiger partial charge on any atom is 0.293 e. The molecule has 21 heavy (non-hydrogen) atoms. The van der Waals surface area contributed by atoms with Crippen LogP contribution >= 0.6 is 0 Å². The molecule has 0 unspecified atom stereocenters. The third-order valence-corrected chi connectivity index (χ3v) is 3.27. The number of benzene rings is 1. The van der Waals surface area contributed by atoms with E-state index in [0.29, 0.717) is 17.7 Å². The first-order chi connectivity index (χ1) is 10.0. The summed E-state index contributed by atoms with van der Waals surface area (Å²) in [5.41, 5.74) is 0.432. The van der Waals surface area contributed by atoms with Crippen molar-refractivity contribution in [3.8, 4) is 0 Å². The van der Waals surface area contributed by atoms with Gasteiger partial charge in [-0.05, 0) is 26.1 Å². The van der Waals surface area contributed by atoms with E-state index in [1.807, 2.05) is 7.05 Å². The summed E-state index contributed by atoms with van der Waals surface area (Å²) < 4.78 is 0.